The lowest BCUT2D eigenvalue weighted by Gasteiger charge is -2.05. The molecule has 0 atom stereocenters. The van der Waals surface area contributed by atoms with Gasteiger partial charge in [-0.15, -0.1) is 11.3 Å². The molecule has 0 saturated carbocycles. The van der Waals surface area contributed by atoms with E-state index in [1.165, 1.54) is 16.8 Å². The highest BCUT2D eigenvalue weighted by Crippen LogP contribution is 2.24. The van der Waals surface area contributed by atoms with Crippen molar-refractivity contribution >= 4 is 23.2 Å². The number of nitrogens with zero attached hydrogens (tertiary/aromatic N) is 4. The number of rotatable bonds is 4. The first kappa shape index (κ1) is 18.8. The highest BCUT2D eigenvalue weighted by atomic mass is 32.1. The number of hydrogen-bond acceptors (Lipinski definition) is 4. The molecule has 2 heterocycles. The first-order valence-electron chi connectivity index (χ1n) is 8.51. The average Bonchev–Trinajstić information content (AvgIpc) is 3.12. The lowest BCUT2D eigenvalue weighted by atomic mass is 10.1. The van der Waals surface area contributed by atoms with E-state index in [9.17, 15) is 13.2 Å². The van der Waals surface area contributed by atoms with Crippen molar-refractivity contribution < 1.29 is 13.2 Å². The molecule has 2 aromatic carbocycles. The van der Waals surface area contributed by atoms with Crippen molar-refractivity contribution in [2.45, 2.75) is 0 Å². The molecule has 4 nitrogen and oxygen atoms in total. The molecule has 29 heavy (non-hydrogen) atoms. The average molecular weight is 410 g/mol. The van der Waals surface area contributed by atoms with Gasteiger partial charge in [0.2, 0.25) is 4.80 Å². The second kappa shape index (κ2) is 8.24. The van der Waals surface area contributed by atoms with Gasteiger partial charge in [0.25, 0.3) is 0 Å². The second-order valence-corrected chi connectivity index (χ2v) is 6.77. The van der Waals surface area contributed by atoms with Gasteiger partial charge in [-0.1, -0.05) is 18.2 Å². The largest absolute Gasteiger partial charge is 0.264 e. The molecule has 0 bridgehead atoms. The monoisotopic (exact) mass is 410 g/mol. The zero-order chi connectivity index (χ0) is 20.2. The Bertz CT molecular complexity index is 1250. The van der Waals surface area contributed by atoms with Crippen LogP contribution in [0.25, 0.3) is 11.3 Å². The van der Waals surface area contributed by atoms with E-state index >= 15 is 0 Å². The third-order valence-corrected chi connectivity index (χ3v) is 4.78. The Hall–Kier alpha value is -3.52. The third-order valence-electron chi connectivity index (χ3n) is 3.97. The summed E-state index contributed by atoms with van der Waals surface area (Å²) >= 11 is 1.16. The van der Waals surface area contributed by atoms with Gasteiger partial charge in [0.1, 0.15) is 17.3 Å². The van der Waals surface area contributed by atoms with E-state index in [4.69, 9.17) is 0 Å². The van der Waals surface area contributed by atoms with Gasteiger partial charge in [0.05, 0.1) is 11.9 Å². The fourth-order valence-electron chi connectivity index (χ4n) is 2.59. The molecule has 0 aliphatic heterocycles. The van der Waals surface area contributed by atoms with E-state index in [1.807, 2.05) is 6.07 Å². The molecule has 0 radical (unpaired) electrons. The number of benzene rings is 2. The Kier molecular flexibility index (Phi) is 5.35. The summed E-state index contributed by atoms with van der Waals surface area (Å²) in [5.74, 6) is -1.91. The number of halogens is 3. The molecular weight excluding hydrogens is 397 g/mol. The summed E-state index contributed by atoms with van der Waals surface area (Å²) in [5, 5.41) is 6.08. The fourth-order valence-corrected chi connectivity index (χ4v) is 3.44. The SMILES string of the molecule is Fc1ccc(N=c2scc(-c3ccccc3F)n2N=Cc2cccnc2)c(F)c1. The van der Waals surface area contributed by atoms with Gasteiger partial charge in [-0.3, -0.25) is 4.98 Å². The molecule has 144 valence electrons. The van der Waals surface area contributed by atoms with Gasteiger partial charge in [0, 0.05) is 35.0 Å². The highest BCUT2D eigenvalue weighted by molar-refractivity contribution is 7.07. The Morgan fingerprint density at radius 2 is 1.83 bits per heavy atom. The van der Waals surface area contributed by atoms with Crippen LogP contribution in [0.5, 0.6) is 0 Å². The predicted molar refractivity (Wildman–Crippen MR) is 107 cm³/mol. The summed E-state index contributed by atoms with van der Waals surface area (Å²) in [6.45, 7) is 0. The van der Waals surface area contributed by atoms with Crippen LogP contribution in [-0.4, -0.2) is 15.9 Å². The van der Waals surface area contributed by atoms with Crippen molar-refractivity contribution in [3.63, 3.8) is 0 Å². The van der Waals surface area contributed by atoms with Crippen LogP contribution in [0, 0.1) is 17.5 Å². The lowest BCUT2D eigenvalue weighted by Crippen LogP contribution is -2.12. The van der Waals surface area contributed by atoms with Crippen molar-refractivity contribution in [2.24, 2.45) is 10.1 Å². The van der Waals surface area contributed by atoms with Gasteiger partial charge < -0.3 is 0 Å². The molecule has 4 aromatic rings. The lowest BCUT2D eigenvalue weighted by molar-refractivity contribution is 0.584. The summed E-state index contributed by atoms with van der Waals surface area (Å²) in [4.78, 5) is 8.58. The van der Waals surface area contributed by atoms with Crippen molar-refractivity contribution in [3.8, 4) is 11.3 Å². The van der Waals surface area contributed by atoms with Crippen molar-refractivity contribution in [2.75, 3.05) is 0 Å². The van der Waals surface area contributed by atoms with E-state index in [-0.39, 0.29) is 5.69 Å². The van der Waals surface area contributed by atoms with Gasteiger partial charge in [-0.25, -0.2) is 22.8 Å². The van der Waals surface area contributed by atoms with Crippen LogP contribution in [0.3, 0.4) is 0 Å². The minimum atomic E-state index is -0.798. The first-order chi connectivity index (χ1) is 14.1. The van der Waals surface area contributed by atoms with Gasteiger partial charge in [-0.05, 0) is 30.3 Å². The Labute approximate surface area is 168 Å². The quantitative estimate of drug-likeness (QED) is 0.430. The molecule has 0 aliphatic rings. The van der Waals surface area contributed by atoms with Crippen molar-refractivity contribution in [3.05, 3.63) is 100 Å². The summed E-state index contributed by atoms with van der Waals surface area (Å²) in [7, 11) is 0. The van der Waals surface area contributed by atoms with Gasteiger partial charge in [-0.2, -0.15) is 5.10 Å². The molecule has 0 spiro atoms. The topological polar surface area (TPSA) is 42.5 Å². The first-order valence-corrected chi connectivity index (χ1v) is 9.39. The standard InChI is InChI=1S/C21H13F3N4S/c22-15-7-8-19(18(24)10-15)27-21-28(26-12-14-4-3-9-25-11-14)20(13-29-21)16-5-1-2-6-17(16)23/h1-13H. The Morgan fingerprint density at radius 3 is 2.59 bits per heavy atom. The van der Waals surface area contributed by atoms with E-state index in [2.05, 4.69) is 15.1 Å². The second-order valence-electron chi connectivity index (χ2n) is 5.93. The summed E-state index contributed by atoms with van der Waals surface area (Å²) in [6, 6.07) is 13.0. The maximum Gasteiger partial charge on any atom is 0.211 e. The number of aromatic nitrogens is 2. The summed E-state index contributed by atoms with van der Waals surface area (Å²) in [5.41, 5.74) is 1.46. The van der Waals surface area contributed by atoms with Crippen LogP contribution in [0.2, 0.25) is 0 Å². The van der Waals surface area contributed by atoms with Gasteiger partial charge >= 0.3 is 0 Å². The van der Waals surface area contributed by atoms with Crippen LogP contribution in [0.4, 0.5) is 18.9 Å². The smallest absolute Gasteiger partial charge is 0.211 e. The number of pyridine rings is 1. The third kappa shape index (κ3) is 4.17. The zero-order valence-corrected chi connectivity index (χ0v) is 15.7. The molecule has 4 rings (SSSR count). The number of thiazole rings is 1. The maximum absolute atomic E-state index is 14.4. The molecule has 0 amide bonds. The predicted octanol–water partition coefficient (Wildman–Crippen LogP) is 5.14. The minimum absolute atomic E-state index is 0.0429. The molecule has 2 aromatic heterocycles. The Balaban J connectivity index is 1.89. The van der Waals surface area contributed by atoms with Gasteiger partial charge in [0.15, 0.2) is 5.82 Å². The number of hydrogen-bond donors (Lipinski definition) is 0. The van der Waals surface area contributed by atoms with Crippen LogP contribution in [0.15, 0.2) is 82.5 Å². The normalized spacial score (nSPS) is 12.0. The Morgan fingerprint density at radius 1 is 0.966 bits per heavy atom. The molecule has 0 unspecified atom stereocenters. The zero-order valence-electron chi connectivity index (χ0n) is 14.8. The van der Waals surface area contributed by atoms with E-state index in [0.29, 0.717) is 16.1 Å². The summed E-state index contributed by atoms with van der Waals surface area (Å²) < 4.78 is 43.0. The molecule has 0 fully saturated rings. The van der Waals surface area contributed by atoms with Crippen molar-refractivity contribution in [1.29, 1.82) is 0 Å². The van der Waals surface area contributed by atoms with Crippen LogP contribution < -0.4 is 4.80 Å². The van der Waals surface area contributed by atoms with Crippen LogP contribution in [-0.2, 0) is 0 Å². The van der Waals surface area contributed by atoms with Crippen LogP contribution >= 0.6 is 11.3 Å². The van der Waals surface area contributed by atoms with Crippen LogP contribution in [0.1, 0.15) is 5.56 Å². The van der Waals surface area contributed by atoms with E-state index < -0.39 is 17.5 Å². The highest BCUT2D eigenvalue weighted by Gasteiger charge is 2.12. The molecule has 0 N–H and O–H groups in total. The molecule has 0 aliphatic carbocycles. The van der Waals surface area contributed by atoms with Crippen molar-refractivity contribution in [1.82, 2.24) is 9.66 Å². The summed E-state index contributed by atoms with van der Waals surface area (Å²) in [6.07, 6.45) is 4.80. The maximum atomic E-state index is 14.4. The fraction of sp³-hybridized carbons (Fsp3) is 0. The molecule has 0 saturated heterocycles. The molecular formula is C21H13F3N4S. The van der Waals surface area contributed by atoms with E-state index in [0.717, 1.165) is 29.0 Å². The van der Waals surface area contributed by atoms with E-state index in [1.54, 1.807) is 48.3 Å². The molecule has 8 heteroatoms. The minimum Gasteiger partial charge on any atom is -0.264 e.